The third kappa shape index (κ3) is 3.43. The first-order chi connectivity index (χ1) is 8.69. The molecule has 1 aliphatic heterocycles. The van der Waals surface area contributed by atoms with Gasteiger partial charge in [-0.2, -0.15) is 0 Å². The van der Waals surface area contributed by atoms with Crippen molar-refractivity contribution in [3.63, 3.8) is 0 Å². The summed E-state index contributed by atoms with van der Waals surface area (Å²) < 4.78 is 0. The number of rotatable bonds is 3. The minimum atomic E-state index is -0.0910. The summed E-state index contributed by atoms with van der Waals surface area (Å²) in [6.07, 6.45) is 5.06. The Balaban J connectivity index is 2.03. The Morgan fingerprint density at radius 2 is 2.33 bits per heavy atom. The minimum Gasteiger partial charge on any atom is -0.309 e. The van der Waals surface area contributed by atoms with E-state index >= 15 is 0 Å². The van der Waals surface area contributed by atoms with Gasteiger partial charge in [0.1, 0.15) is 5.82 Å². The lowest BCUT2D eigenvalue weighted by molar-refractivity contribution is -0.118. The molecule has 1 aromatic heterocycles. The summed E-state index contributed by atoms with van der Waals surface area (Å²) >= 11 is 1.47. The predicted octanol–water partition coefficient (Wildman–Crippen LogP) is 1.59. The van der Waals surface area contributed by atoms with Gasteiger partial charge in [0.2, 0.25) is 5.91 Å². The van der Waals surface area contributed by atoms with E-state index in [2.05, 4.69) is 20.6 Å². The summed E-state index contributed by atoms with van der Waals surface area (Å²) in [6.45, 7) is 2.81. The molecule has 0 saturated carbocycles. The maximum atomic E-state index is 12.0. The van der Waals surface area contributed by atoms with E-state index in [1.165, 1.54) is 11.8 Å². The van der Waals surface area contributed by atoms with Gasteiger partial charge in [0, 0.05) is 11.8 Å². The number of nitrogens with zero attached hydrogens (tertiary/aromatic N) is 2. The molecule has 1 atom stereocenters. The third-order valence-electron chi connectivity index (χ3n) is 2.89. The molecule has 2 rings (SSSR count). The molecule has 2 N–H and O–H groups in total. The van der Waals surface area contributed by atoms with E-state index in [0.29, 0.717) is 11.0 Å². The number of amides is 1. The molecule has 1 saturated heterocycles. The summed E-state index contributed by atoms with van der Waals surface area (Å²) in [5.41, 5.74) is 0.862. The molecule has 0 spiro atoms. The van der Waals surface area contributed by atoms with Crippen LogP contribution < -0.4 is 10.6 Å². The second-order valence-electron chi connectivity index (χ2n) is 4.37. The van der Waals surface area contributed by atoms with Crippen LogP contribution in [0.4, 0.5) is 5.82 Å². The molecule has 1 unspecified atom stereocenters. The summed E-state index contributed by atoms with van der Waals surface area (Å²) in [5, 5.41) is 6.77. The van der Waals surface area contributed by atoms with E-state index in [1.807, 2.05) is 13.2 Å². The van der Waals surface area contributed by atoms with Crippen molar-refractivity contribution in [1.82, 2.24) is 15.3 Å². The number of aryl methyl sites for hydroxylation is 1. The Hall–Kier alpha value is -1.14. The Labute approximate surface area is 111 Å². The monoisotopic (exact) mass is 266 g/mol. The van der Waals surface area contributed by atoms with Crippen LogP contribution in [0.3, 0.4) is 0 Å². The van der Waals surface area contributed by atoms with Gasteiger partial charge >= 0.3 is 0 Å². The quantitative estimate of drug-likeness (QED) is 0.642. The van der Waals surface area contributed by atoms with Gasteiger partial charge in [0.05, 0.1) is 6.04 Å². The van der Waals surface area contributed by atoms with Crippen LogP contribution in [0, 0.1) is 6.92 Å². The highest BCUT2D eigenvalue weighted by atomic mass is 32.2. The Bertz CT molecular complexity index is 432. The van der Waals surface area contributed by atoms with Crippen molar-refractivity contribution in [3.05, 3.63) is 11.8 Å². The molecular formula is C12H18N4OS. The van der Waals surface area contributed by atoms with Gasteiger partial charge in [0.25, 0.3) is 0 Å². The summed E-state index contributed by atoms with van der Waals surface area (Å²) in [7, 11) is 0. The van der Waals surface area contributed by atoms with Crippen molar-refractivity contribution >= 4 is 23.5 Å². The van der Waals surface area contributed by atoms with Crippen molar-refractivity contribution in [3.8, 4) is 0 Å². The molecule has 6 heteroatoms. The lowest BCUT2D eigenvalue weighted by Gasteiger charge is -2.22. The molecule has 0 radical (unpaired) electrons. The SMILES string of the molecule is CSc1nc(C)cc(NC(=O)C2CCCCN2)n1. The van der Waals surface area contributed by atoms with Gasteiger partial charge in [-0.3, -0.25) is 4.79 Å². The first kappa shape index (κ1) is 13.3. The number of hydrogen-bond acceptors (Lipinski definition) is 5. The van der Waals surface area contributed by atoms with Crippen LogP contribution in [0.5, 0.6) is 0 Å². The smallest absolute Gasteiger partial charge is 0.242 e. The van der Waals surface area contributed by atoms with Crippen LogP contribution in [0.15, 0.2) is 11.2 Å². The minimum absolute atomic E-state index is 0.000136. The zero-order valence-electron chi connectivity index (χ0n) is 10.7. The number of aromatic nitrogens is 2. The first-order valence-corrected chi connectivity index (χ1v) is 7.35. The van der Waals surface area contributed by atoms with E-state index in [0.717, 1.165) is 31.5 Å². The maximum Gasteiger partial charge on any atom is 0.242 e. The largest absolute Gasteiger partial charge is 0.309 e. The van der Waals surface area contributed by atoms with Crippen molar-refractivity contribution in [2.24, 2.45) is 0 Å². The van der Waals surface area contributed by atoms with E-state index in [4.69, 9.17) is 0 Å². The average molecular weight is 266 g/mol. The van der Waals surface area contributed by atoms with Crippen LogP contribution in [-0.4, -0.2) is 34.7 Å². The molecule has 1 amide bonds. The standard InChI is InChI=1S/C12H18N4OS/c1-8-7-10(16-12(14-8)18-2)15-11(17)9-5-3-4-6-13-9/h7,9,13H,3-6H2,1-2H3,(H,14,15,16,17). The highest BCUT2D eigenvalue weighted by molar-refractivity contribution is 7.98. The molecule has 98 valence electrons. The fraction of sp³-hybridized carbons (Fsp3) is 0.583. The fourth-order valence-corrected chi connectivity index (χ4v) is 2.41. The van der Waals surface area contributed by atoms with Crippen LogP contribution in [-0.2, 0) is 4.79 Å². The summed E-state index contributed by atoms with van der Waals surface area (Å²) in [5.74, 6) is 0.587. The second-order valence-corrected chi connectivity index (χ2v) is 5.15. The van der Waals surface area contributed by atoms with Crippen molar-refractivity contribution in [2.75, 3.05) is 18.1 Å². The Morgan fingerprint density at radius 1 is 1.50 bits per heavy atom. The number of nitrogens with one attached hydrogen (secondary N) is 2. The number of thioether (sulfide) groups is 1. The number of carbonyl (C=O) groups excluding carboxylic acids is 1. The van der Waals surface area contributed by atoms with Crippen LogP contribution in [0.2, 0.25) is 0 Å². The lowest BCUT2D eigenvalue weighted by Crippen LogP contribution is -2.43. The molecule has 5 nitrogen and oxygen atoms in total. The first-order valence-electron chi connectivity index (χ1n) is 6.13. The van der Waals surface area contributed by atoms with Gasteiger partial charge in [-0.1, -0.05) is 18.2 Å². The molecular weight excluding hydrogens is 248 g/mol. The molecule has 1 fully saturated rings. The lowest BCUT2D eigenvalue weighted by atomic mass is 10.0. The number of carbonyl (C=O) groups is 1. The van der Waals surface area contributed by atoms with Crippen LogP contribution in [0.25, 0.3) is 0 Å². The molecule has 1 aromatic rings. The molecule has 18 heavy (non-hydrogen) atoms. The van der Waals surface area contributed by atoms with Gasteiger partial charge < -0.3 is 10.6 Å². The van der Waals surface area contributed by atoms with Crippen LogP contribution in [0.1, 0.15) is 25.0 Å². The molecule has 1 aliphatic rings. The highest BCUT2D eigenvalue weighted by Gasteiger charge is 2.20. The van der Waals surface area contributed by atoms with Crippen molar-refractivity contribution in [2.45, 2.75) is 37.4 Å². The van der Waals surface area contributed by atoms with Gasteiger partial charge in [-0.25, -0.2) is 9.97 Å². The topological polar surface area (TPSA) is 66.9 Å². The Morgan fingerprint density at radius 3 is 3.00 bits per heavy atom. The average Bonchev–Trinajstić information content (AvgIpc) is 2.39. The number of hydrogen-bond donors (Lipinski definition) is 2. The fourth-order valence-electron chi connectivity index (χ4n) is 1.99. The summed E-state index contributed by atoms with van der Waals surface area (Å²) in [4.78, 5) is 20.6. The highest BCUT2D eigenvalue weighted by Crippen LogP contribution is 2.15. The molecule has 2 heterocycles. The van der Waals surface area contributed by atoms with Gasteiger partial charge in [0.15, 0.2) is 5.16 Å². The van der Waals surface area contributed by atoms with Crippen LogP contribution >= 0.6 is 11.8 Å². The Kier molecular flexibility index (Phi) is 4.54. The van der Waals surface area contributed by atoms with Crippen molar-refractivity contribution in [1.29, 1.82) is 0 Å². The van der Waals surface area contributed by atoms with Gasteiger partial charge in [-0.05, 0) is 32.6 Å². The molecule has 0 bridgehead atoms. The number of anilines is 1. The van der Waals surface area contributed by atoms with E-state index in [1.54, 1.807) is 6.07 Å². The maximum absolute atomic E-state index is 12.0. The van der Waals surface area contributed by atoms with E-state index in [-0.39, 0.29) is 11.9 Å². The third-order valence-corrected chi connectivity index (χ3v) is 3.44. The van der Waals surface area contributed by atoms with E-state index in [9.17, 15) is 4.79 Å². The van der Waals surface area contributed by atoms with E-state index < -0.39 is 0 Å². The van der Waals surface area contributed by atoms with Gasteiger partial charge in [-0.15, -0.1) is 0 Å². The normalized spacial score (nSPS) is 19.6. The predicted molar refractivity (Wildman–Crippen MR) is 72.8 cm³/mol. The number of piperidine rings is 1. The molecule has 0 aromatic carbocycles. The zero-order valence-corrected chi connectivity index (χ0v) is 11.5. The zero-order chi connectivity index (χ0) is 13.0. The van der Waals surface area contributed by atoms with Crippen molar-refractivity contribution < 1.29 is 4.79 Å². The summed E-state index contributed by atoms with van der Waals surface area (Å²) in [6, 6.07) is 1.70. The second kappa shape index (κ2) is 6.15. The molecule has 0 aliphatic carbocycles.